The average molecular weight is 480 g/mol. The molecular formula is C21H13Cl3N2O5. The minimum Gasteiger partial charge on any atom is -0.444 e. The van der Waals surface area contributed by atoms with Crippen LogP contribution in [0, 0.1) is 10.1 Å². The van der Waals surface area contributed by atoms with Crippen LogP contribution in [0.2, 0.25) is 15.1 Å². The Morgan fingerprint density at radius 1 is 0.935 bits per heavy atom. The number of amides is 1. The fourth-order valence-corrected chi connectivity index (χ4v) is 3.41. The molecule has 0 saturated carbocycles. The molecule has 0 aliphatic carbocycles. The number of ether oxygens (including phenoxy) is 1. The number of carbonyl (C=O) groups is 2. The highest BCUT2D eigenvalue weighted by molar-refractivity contribution is 6.35. The number of carbonyl (C=O) groups excluding carboxylic acids is 2. The number of rotatable bonds is 6. The van der Waals surface area contributed by atoms with Crippen molar-refractivity contribution in [2.45, 2.75) is 6.10 Å². The second-order valence-electron chi connectivity index (χ2n) is 6.26. The second-order valence-corrected chi connectivity index (χ2v) is 7.54. The molecule has 31 heavy (non-hydrogen) atoms. The summed E-state index contributed by atoms with van der Waals surface area (Å²) >= 11 is 17.9. The van der Waals surface area contributed by atoms with E-state index in [1.807, 2.05) is 0 Å². The van der Waals surface area contributed by atoms with E-state index in [0.29, 0.717) is 21.3 Å². The number of hydrogen-bond donors (Lipinski definition) is 1. The lowest BCUT2D eigenvalue weighted by atomic mass is 10.1. The summed E-state index contributed by atoms with van der Waals surface area (Å²) in [4.78, 5) is 36.0. The SMILES string of the molecule is O=C(O[C@@H](C(=O)Nc1cc(Cl)cc(Cl)c1)c1ccccc1)c1cc([N+](=O)[O-])ccc1Cl. The topological polar surface area (TPSA) is 98.5 Å². The van der Waals surface area contributed by atoms with Gasteiger partial charge in [0.05, 0.1) is 15.5 Å². The molecule has 1 N–H and O–H groups in total. The van der Waals surface area contributed by atoms with Crippen molar-refractivity contribution in [3.8, 4) is 0 Å². The fourth-order valence-electron chi connectivity index (χ4n) is 2.69. The van der Waals surface area contributed by atoms with Crippen molar-refractivity contribution in [3.63, 3.8) is 0 Å². The van der Waals surface area contributed by atoms with Crippen LogP contribution >= 0.6 is 34.8 Å². The van der Waals surface area contributed by atoms with Gasteiger partial charge in [-0.1, -0.05) is 65.1 Å². The first kappa shape index (κ1) is 22.6. The van der Waals surface area contributed by atoms with Crippen LogP contribution in [-0.2, 0) is 9.53 Å². The zero-order chi connectivity index (χ0) is 22.5. The van der Waals surface area contributed by atoms with Gasteiger partial charge in [-0.05, 0) is 24.3 Å². The fraction of sp³-hybridized carbons (Fsp3) is 0.0476. The van der Waals surface area contributed by atoms with Gasteiger partial charge in [0, 0.05) is 33.4 Å². The zero-order valence-corrected chi connectivity index (χ0v) is 17.8. The molecule has 1 atom stereocenters. The molecule has 0 spiro atoms. The van der Waals surface area contributed by atoms with E-state index in [0.717, 1.165) is 12.1 Å². The first-order valence-corrected chi connectivity index (χ1v) is 9.85. The minimum absolute atomic E-state index is 0.0514. The standard InChI is InChI=1S/C21H13Cl3N2O5/c22-13-8-14(23)10-15(9-13)25-20(27)19(12-4-2-1-3-5-12)31-21(28)17-11-16(26(29)30)6-7-18(17)24/h1-11,19H,(H,25,27)/t19-/m1/s1. The zero-order valence-electron chi connectivity index (χ0n) is 15.6. The van der Waals surface area contributed by atoms with E-state index >= 15 is 0 Å². The van der Waals surface area contributed by atoms with E-state index < -0.39 is 22.9 Å². The Balaban J connectivity index is 1.91. The molecule has 0 radical (unpaired) electrons. The molecule has 0 bridgehead atoms. The number of nitrogens with one attached hydrogen (secondary N) is 1. The summed E-state index contributed by atoms with van der Waals surface area (Å²) in [6.45, 7) is 0. The maximum atomic E-state index is 12.9. The highest BCUT2D eigenvalue weighted by Gasteiger charge is 2.28. The number of nitrogens with zero attached hydrogens (tertiary/aromatic N) is 1. The summed E-state index contributed by atoms with van der Waals surface area (Å²) in [5.41, 5.74) is 0.0944. The predicted octanol–water partition coefficient (Wildman–Crippen LogP) is 6.09. The third-order valence-electron chi connectivity index (χ3n) is 4.08. The van der Waals surface area contributed by atoms with Crippen LogP contribution < -0.4 is 5.32 Å². The van der Waals surface area contributed by atoms with Gasteiger partial charge in [-0.2, -0.15) is 0 Å². The van der Waals surface area contributed by atoms with Crippen LogP contribution in [0.3, 0.4) is 0 Å². The van der Waals surface area contributed by atoms with Crippen molar-refractivity contribution in [1.82, 2.24) is 0 Å². The molecule has 158 valence electrons. The van der Waals surface area contributed by atoms with Crippen molar-refractivity contribution in [2.24, 2.45) is 0 Å². The number of halogens is 3. The third-order valence-corrected chi connectivity index (χ3v) is 4.84. The Morgan fingerprint density at radius 3 is 2.19 bits per heavy atom. The number of esters is 1. The van der Waals surface area contributed by atoms with E-state index in [4.69, 9.17) is 39.5 Å². The summed E-state index contributed by atoms with van der Waals surface area (Å²) in [5, 5.41) is 14.2. The number of anilines is 1. The lowest BCUT2D eigenvalue weighted by Gasteiger charge is -2.18. The van der Waals surface area contributed by atoms with E-state index in [9.17, 15) is 19.7 Å². The van der Waals surface area contributed by atoms with Gasteiger partial charge in [0.1, 0.15) is 0 Å². The number of nitro groups is 1. The Labute approximate surface area is 191 Å². The molecule has 0 saturated heterocycles. The highest BCUT2D eigenvalue weighted by atomic mass is 35.5. The number of nitro benzene ring substituents is 1. The molecule has 7 nitrogen and oxygen atoms in total. The van der Waals surface area contributed by atoms with Crippen LogP contribution in [0.25, 0.3) is 0 Å². The normalized spacial score (nSPS) is 11.5. The molecule has 0 unspecified atom stereocenters. The van der Waals surface area contributed by atoms with Crippen LogP contribution in [0.4, 0.5) is 11.4 Å². The molecule has 0 heterocycles. The molecule has 3 rings (SSSR count). The van der Waals surface area contributed by atoms with Gasteiger partial charge >= 0.3 is 5.97 Å². The van der Waals surface area contributed by atoms with Gasteiger partial charge < -0.3 is 10.1 Å². The van der Waals surface area contributed by atoms with E-state index in [2.05, 4.69) is 5.32 Å². The largest absolute Gasteiger partial charge is 0.444 e. The van der Waals surface area contributed by atoms with Crippen LogP contribution in [-0.4, -0.2) is 16.8 Å². The average Bonchev–Trinajstić information content (AvgIpc) is 2.71. The monoisotopic (exact) mass is 478 g/mol. The number of non-ortho nitro benzene ring substituents is 1. The van der Waals surface area contributed by atoms with Crippen molar-refractivity contribution >= 4 is 58.1 Å². The first-order valence-electron chi connectivity index (χ1n) is 8.71. The Hall–Kier alpha value is -3.13. The molecule has 0 aliphatic heterocycles. The quantitative estimate of drug-likeness (QED) is 0.262. The summed E-state index contributed by atoms with van der Waals surface area (Å²) in [6.07, 6.45) is -1.37. The van der Waals surface area contributed by atoms with Gasteiger partial charge in [-0.15, -0.1) is 0 Å². The molecule has 0 fully saturated rings. The van der Waals surface area contributed by atoms with Gasteiger partial charge in [0.15, 0.2) is 0 Å². The smallest absolute Gasteiger partial charge is 0.341 e. The van der Waals surface area contributed by atoms with Crippen LogP contribution in [0.5, 0.6) is 0 Å². The molecular weight excluding hydrogens is 467 g/mol. The maximum absolute atomic E-state index is 12.9. The summed E-state index contributed by atoms with van der Waals surface area (Å²) in [5.74, 6) is -1.68. The van der Waals surface area contributed by atoms with Crippen LogP contribution in [0.15, 0.2) is 66.7 Å². The molecule has 0 aliphatic rings. The van der Waals surface area contributed by atoms with Gasteiger partial charge in [0.2, 0.25) is 6.10 Å². The van der Waals surface area contributed by atoms with Crippen molar-refractivity contribution in [3.05, 3.63) is 103 Å². The van der Waals surface area contributed by atoms with E-state index in [1.165, 1.54) is 24.3 Å². The Morgan fingerprint density at radius 2 is 1.58 bits per heavy atom. The lowest BCUT2D eigenvalue weighted by molar-refractivity contribution is -0.384. The van der Waals surface area contributed by atoms with E-state index in [1.54, 1.807) is 30.3 Å². The minimum atomic E-state index is -1.37. The Kier molecular flexibility index (Phi) is 7.12. The van der Waals surface area contributed by atoms with Crippen LogP contribution in [0.1, 0.15) is 22.0 Å². The number of benzene rings is 3. The Bertz CT molecular complexity index is 1130. The molecule has 0 aromatic heterocycles. The summed E-state index contributed by atoms with van der Waals surface area (Å²) in [7, 11) is 0. The highest BCUT2D eigenvalue weighted by Crippen LogP contribution is 2.28. The summed E-state index contributed by atoms with van der Waals surface area (Å²) in [6, 6.07) is 16.1. The number of hydrogen-bond acceptors (Lipinski definition) is 5. The lowest BCUT2D eigenvalue weighted by Crippen LogP contribution is -2.26. The van der Waals surface area contributed by atoms with Gasteiger partial charge in [0.25, 0.3) is 11.6 Å². The third kappa shape index (κ3) is 5.73. The second kappa shape index (κ2) is 9.78. The molecule has 1 amide bonds. The maximum Gasteiger partial charge on any atom is 0.341 e. The van der Waals surface area contributed by atoms with Gasteiger partial charge in [-0.25, -0.2) is 4.79 Å². The van der Waals surface area contributed by atoms with Gasteiger partial charge in [-0.3, -0.25) is 14.9 Å². The first-order chi connectivity index (χ1) is 14.7. The molecule has 10 heteroatoms. The summed E-state index contributed by atoms with van der Waals surface area (Å²) < 4.78 is 5.41. The van der Waals surface area contributed by atoms with Crippen molar-refractivity contribution in [2.75, 3.05) is 5.32 Å². The van der Waals surface area contributed by atoms with Crippen molar-refractivity contribution in [1.29, 1.82) is 0 Å². The van der Waals surface area contributed by atoms with Crippen molar-refractivity contribution < 1.29 is 19.2 Å². The molecule has 3 aromatic carbocycles. The predicted molar refractivity (Wildman–Crippen MR) is 118 cm³/mol. The molecule has 3 aromatic rings. The van der Waals surface area contributed by atoms with E-state index in [-0.39, 0.29) is 16.3 Å².